The summed E-state index contributed by atoms with van der Waals surface area (Å²) in [6, 6.07) is 3.26. The van der Waals surface area contributed by atoms with E-state index < -0.39 is 12.6 Å². The number of ether oxygens (including phenoxy) is 1. The Kier molecular flexibility index (Phi) is 4.54. The maximum absolute atomic E-state index is 11.8. The monoisotopic (exact) mass is 234 g/mol. The van der Waals surface area contributed by atoms with Crippen LogP contribution in [0, 0.1) is 0 Å². The van der Waals surface area contributed by atoms with Crippen molar-refractivity contribution in [2.45, 2.75) is 25.6 Å². The van der Waals surface area contributed by atoms with Crippen molar-refractivity contribution in [3.63, 3.8) is 0 Å². The number of pyridine rings is 1. The Bertz CT molecular complexity index is 328. The molecule has 0 atom stereocenters. The fraction of sp³-hybridized carbons (Fsp3) is 0.500. The molecule has 0 unspecified atom stereocenters. The van der Waals surface area contributed by atoms with Crippen molar-refractivity contribution in [2.24, 2.45) is 0 Å². The van der Waals surface area contributed by atoms with Gasteiger partial charge in [0.05, 0.1) is 12.3 Å². The van der Waals surface area contributed by atoms with Crippen LogP contribution >= 0.6 is 0 Å². The Morgan fingerprint density at radius 1 is 1.38 bits per heavy atom. The number of nitrogens with two attached hydrogens (primary N) is 1. The van der Waals surface area contributed by atoms with Gasteiger partial charge in [0.1, 0.15) is 0 Å². The molecule has 90 valence electrons. The zero-order chi connectivity index (χ0) is 12.0. The number of nitrogen functional groups attached to an aromatic ring is 1. The van der Waals surface area contributed by atoms with Gasteiger partial charge in [-0.25, -0.2) is 0 Å². The molecule has 0 aliphatic heterocycles. The molecule has 6 heteroatoms. The number of anilines is 1. The average molecular weight is 234 g/mol. The van der Waals surface area contributed by atoms with Gasteiger partial charge in [-0.2, -0.15) is 13.2 Å². The van der Waals surface area contributed by atoms with Gasteiger partial charge < -0.3 is 10.5 Å². The summed E-state index contributed by atoms with van der Waals surface area (Å²) in [6.45, 7) is 0.249. The summed E-state index contributed by atoms with van der Waals surface area (Å²) in [5.74, 6) is 0. The number of rotatable bonds is 5. The van der Waals surface area contributed by atoms with Gasteiger partial charge in [0.25, 0.3) is 0 Å². The highest BCUT2D eigenvalue weighted by Gasteiger charge is 2.25. The fourth-order valence-electron chi connectivity index (χ4n) is 1.13. The van der Waals surface area contributed by atoms with Gasteiger partial charge in [-0.3, -0.25) is 4.98 Å². The molecule has 1 aromatic heterocycles. The highest BCUT2D eigenvalue weighted by Crippen LogP contribution is 2.21. The summed E-state index contributed by atoms with van der Waals surface area (Å²) >= 11 is 0. The lowest BCUT2D eigenvalue weighted by molar-refractivity contribution is -0.138. The summed E-state index contributed by atoms with van der Waals surface area (Å²) in [7, 11) is 0. The van der Waals surface area contributed by atoms with E-state index in [4.69, 9.17) is 10.5 Å². The van der Waals surface area contributed by atoms with Crippen LogP contribution in [0.2, 0.25) is 0 Å². The summed E-state index contributed by atoms with van der Waals surface area (Å²) in [4.78, 5) is 3.96. The van der Waals surface area contributed by atoms with Crippen LogP contribution in [0.5, 0.6) is 0 Å². The zero-order valence-corrected chi connectivity index (χ0v) is 8.63. The quantitative estimate of drug-likeness (QED) is 0.796. The molecule has 0 saturated heterocycles. The fourth-order valence-corrected chi connectivity index (χ4v) is 1.13. The first-order valence-electron chi connectivity index (χ1n) is 4.82. The molecule has 0 bridgehead atoms. The molecule has 2 N–H and O–H groups in total. The molecule has 0 saturated carbocycles. The van der Waals surface area contributed by atoms with E-state index in [1.807, 2.05) is 0 Å². The SMILES string of the molecule is Nc1ccnc(COCCCC(F)(F)F)c1. The van der Waals surface area contributed by atoms with Crippen molar-refractivity contribution >= 4 is 5.69 Å². The second-order valence-corrected chi connectivity index (χ2v) is 3.35. The number of hydrogen-bond acceptors (Lipinski definition) is 3. The second-order valence-electron chi connectivity index (χ2n) is 3.35. The Labute approximate surface area is 91.4 Å². The molecule has 1 rings (SSSR count). The van der Waals surface area contributed by atoms with Crippen molar-refractivity contribution < 1.29 is 17.9 Å². The number of nitrogens with zero attached hydrogens (tertiary/aromatic N) is 1. The highest BCUT2D eigenvalue weighted by atomic mass is 19.4. The van der Waals surface area contributed by atoms with Gasteiger partial charge in [0, 0.05) is 24.9 Å². The maximum atomic E-state index is 11.8. The number of hydrogen-bond donors (Lipinski definition) is 1. The van der Waals surface area contributed by atoms with E-state index in [0.717, 1.165) is 0 Å². The first-order chi connectivity index (χ1) is 7.47. The van der Waals surface area contributed by atoms with E-state index in [-0.39, 0.29) is 19.6 Å². The molecule has 3 nitrogen and oxygen atoms in total. The predicted molar refractivity (Wildman–Crippen MR) is 53.6 cm³/mol. The minimum Gasteiger partial charge on any atom is -0.399 e. The van der Waals surface area contributed by atoms with Crippen molar-refractivity contribution in [3.05, 3.63) is 24.0 Å². The standard InChI is InChI=1S/C10H13F3N2O/c11-10(12,13)3-1-5-16-7-9-6-8(14)2-4-15-9/h2,4,6H,1,3,5,7H2,(H2,14,15). The zero-order valence-electron chi connectivity index (χ0n) is 8.63. The largest absolute Gasteiger partial charge is 0.399 e. The molecule has 0 spiro atoms. The van der Waals surface area contributed by atoms with Crippen molar-refractivity contribution in [3.8, 4) is 0 Å². The Balaban J connectivity index is 2.17. The van der Waals surface area contributed by atoms with Crippen LogP contribution in [0.1, 0.15) is 18.5 Å². The van der Waals surface area contributed by atoms with Gasteiger partial charge in [-0.05, 0) is 18.6 Å². The molecule has 0 radical (unpaired) electrons. The smallest absolute Gasteiger partial charge is 0.389 e. The summed E-state index contributed by atoms with van der Waals surface area (Å²) < 4.78 is 40.4. The van der Waals surface area contributed by atoms with E-state index in [0.29, 0.717) is 11.4 Å². The van der Waals surface area contributed by atoms with Crippen LogP contribution in [0.25, 0.3) is 0 Å². The predicted octanol–water partition coefficient (Wildman–Crippen LogP) is 2.52. The van der Waals surface area contributed by atoms with Crippen LogP contribution in [-0.4, -0.2) is 17.8 Å². The summed E-state index contributed by atoms with van der Waals surface area (Å²) in [5.41, 5.74) is 6.68. The van der Waals surface area contributed by atoms with Crippen LogP contribution in [0.3, 0.4) is 0 Å². The van der Waals surface area contributed by atoms with E-state index in [1.54, 1.807) is 12.1 Å². The minimum atomic E-state index is -4.11. The third-order valence-electron chi connectivity index (χ3n) is 1.84. The molecule has 0 aliphatic carbocycles. The number of aromatic nitrogens is 1. The van der Waals surface area contributed by atoms with Gasteiger partial charge in [0.15, 0.2) is 0 Å². The van der Waals surface area contributed by atoms with Crippen LogP contribution < -0.4 is 5.73 Å². The molecule has 16 heavy (non-hydrogen) atoms. The molecule has 0 fully saturated rings. The second kappa shape index (κ2) is 5.69. The van der Waals surface area contributed by atoms with Crippen LogP contribution in [-0.2, 0) is 11.3 Å². The average Bonchev–Trinajstić information content (AvgIpc) is 2.15. The van der Waals surface area contributed by atoms with Gasteiger partial charge >= 0.3 is 6.18 Å². The molecule has 1 heterocycles. The summed E-state index contributed by atoms with van der Waals surface area (Å²) in [5, 5.41) is 0. The first-order valence-corrected chi connectivity index (χ1v) is 4.82. The Hall–Kier alpha value is -1.30. The van der Waals surface area contributed by atoms with Crippen molar-refractivity contribution in [1.29, 1.82) is 0 Å². The van der Waals surface area contributed by atoms with Crippen molar-refractivity contribution in [1.82, 2.24) is 4.98 Å². The highest BCUT2D eigenvalue weighted by molar-refractivity contribution is 5.36. The normalized spacial score (nSPS) is 11.7. The van der Waals surface area contributed by atoms with E-state index >= 15 is 0 Å². The van der Waals surface area contributed by atoms with Crippen LogP contribution in [0.15, 0.2) is 18.3 Å². The lowest BCUT2D eigenvalue weighted by Gasteiger charge is -2.06. The summed E-state index contributed by atoms with van der Waals surface area (Å²) in [6.07, 6.45) is -3.44. The number of halogens is 3. The number of alkyl halides is 3. The lowest BCUT2D eigenvalue weighted by Crippen LogP contribution is -2.09. The first kappa shape index (κ1) is 12.8. The van der Waals surface area contributed by atoms with Gasteiger partial charge in [-0.1, -0.05) is 0 Å². The molecule has 0 aliphatic rings. The van der Waals surface area contributed by atoms with Gasteiger partial charge in [0.2, 0.25) is 0 Å². The topological polar surface area (TPSA) is 48.1 Å². The molecule has 0 amide bonds. The molecule has 1 aromatic rings. The third kappa shape index (κ3) is 5.55. The Morgan fingerprint density at radius 2 is 2.12 bits per heavy atom. The molecular weight excluding hydrogens is 221 g/mol. The third-order valence-corrected chi connectivity index (χ3v) is 1.84. The molecule has 0 aromatic carbocycles. The maximum Gasteiger partial charge on any atom is 0.389 e. The Morgan fingerprint density at radius 3 is 2.75 bits per heavy atom. The van der Waals surface area contributed by atoms with Gasteiger partial charge in [-0.15, -0.1) is 0 Å². The van der Waals surface area contributed by atoms with Crippen LogP contribution in [0.4, 0.5) is 18.9 Å². The molecular formula is C10H13F3N2O. The minimum absolute atomic E-state index is 0.0359. The van der Waals surface area contributed by atoms with E-state index in [9.17, 15) is 13.2 Å². The van der Waals surface area contributed by atoms with Crippen molar-refractivity contribution in [2.75, 3.05) is 12.3 Å². The van der Waals surface area contributed by atoms with E-state index in [1.165, 1.54) is 6.20 Å². The lowest BCUT2D eigenvalue weighted by atomic mass is 10.3. The van der Waals surface area contributed by atoms with E-state index in [2.05, 4.69) is 4.98 Å².